The molecule has 92 valence electrons. The van der Waals surface area contributed by atoms with Crippen LogP contribution in [0.4, 0.5) is 0 Å². The van der Waals surface area contributed by atoms with Crippen molar-refractivity contribution in [2.45, 2.75) is 13.5 Å². The van der Waals surface area contributed by atoms with Crippen molar-refractivity contribution in [3.63, 3.8) is 0 Å². The van der Waals surface area contributed by atoms with Gasteiger partial charge in [0.2, 0.25) is 5.22 Å². The van der Waals surface area contributed by atoms with Gasteiger partial charge in [0.15, 0.2) is 0 Å². The lowest BCUT2D eigenvalue weighted by molar-refractivity contribution is -0.136. The number of carbonyl (C=O) groups excluding carboxylic acids is 1. The molecule has 4 nitrogen and oxygen atoms in total. The van der Waals surface area contributed by atoms with Crippen molar-refractivity contribution in [2.75, 3.05) is 7.11 Å². The summed E-state index contributed by atoms with van der Waals surface area (Å²) in [6, 6.07) is 7.39. The lowest BCUT2D eigenvalue weighted by atomic mass is 10.2. The van der Waals surface area contributed by atoms with Crippen molar-refractivity contribution in [2.24, 2.45) is 0 Å². The molecule has 1 aromatic rings. The summed E-state index contributed by atoms with van der Waals surface area (Å²) in [6.45, 7) is 1.60. The number of benzene rings is 1. The van der Waals surface area contributed by atoms with Crippen LogP contribution in [-0.4, -0.2) is 13.1 Å². The maximum absolute atomic E-state index is 10.5. The van der Waals surface area contributed by atoms with Gasteiger partial charge in [0.25, 0.3) is 0 Å². The molecular formula is C12H13ClO4. The van der Waals surface area contributed by atoms with Gasteiger partial charge in [0.05, 0.1) is 7.11 Å². The number of ether oxygens (including phenoxy) is 3. The normalized spacial score (nSPS) is 10.9. The van der Waals surface area contributed by atoms with Crippen LogP contribution in [-0.2, 0) is 20.9 Å². The molecule has 0 aromatic heterocycles. The summed E-state index contributed by atoms with van der Waals surface area (Å²) in [5, 5.41) is -0.0917. The molecule has 0 bridgehead atoms. The minimum absolute atomic E-state index is 0.0917. The molecule has 1 rings (SSSR count). The zero-order valence-corrected chi connectivity index (χ0v) is 10.4. The fourth-order valence-corrected chi connectivity index (χ4v) is 1.26. The third kappa shape index (κ3) is 5.26. The molecule has 17 heavy (non-hydrogen) atoms. The van der Waals surface area contributed by atoms with Crippen molar-refractivity contribution >= 4 is 17.6 Å². The molecule has 0 unspecified atom stereocenters. The van der Waals surface area contributed by atoms with E-state index in [9.17, 15) is 4.79 Å². The Balaban J connectivity index is 2.42. The SMILES string of the molecule is COc1ccc(CO/C=C(/Cl)OC(C)=O)cc1. The molecule has 0 saturated heterocycles. The van der Waals surface area contributed by atoms with Crippen molar-refractivity contribution in [1.82, 2.24) is 0 Å². The molecule has 0 saturated carbocycles. The first-order valence-electron chi connectivity index (χ1n) is 4.90. The molecule has 0 atom stereocenters. The number of carbonyl (C=O) groups is 1. The predicted molar refractivity (Wildman–Crippen MR) is 63.5 cm³/mol. The van der Waals surface area contributed by atoms with Gasteiger partial charge in [0, 0.05) is 6.92 Å². The summed E-state index contributed by atoms with van der Waals surface area (Å²) >= 11 is 5.56. The molecule has 0 spiro atoms. The van der Waals surface area contributed by atoms with E-state index in [1.165, 1.54) is 13.2 Å². The zero-order chi connectivity index (χ0) is 12.7. The molecule has 0 fully saturated rings. The summed E-state index contributed by atoms with van der Waals surface area (Å²) in [7, 11) is 1.60. The van der Waals surface area contributed by atoms with Gasteiger partial charge >= 0.3 is 5.97 Å². The van der Waals surface area contributed by atoms with E-state index in [-0.39, 0.29) is 5.22 Å². The van der Waals surface area contributed by atoms with Crippen LogP contribution >= 0.6 is 11.6 Å². The minimum Gasteiger partial charge on any atom is -0.497 e. The number of halogens is 1. The second kappa shape index (κ2) is 6.81. The minimum atomic E-state index is -0.487. The molecule has 0 heterocycles. The van der Waals surface area contributed by atoms with E-state index in [0.29, 0.717) is 6.61 Å². The van der Waals surface area contributed by atoms with Gasteiger partial charge in [-0.05, 0) is 29.3 Å². The fourth-order valence-electron chi connectivity index (χ4n) is 1.09. The predicted octanol–water partition coefficient (Wildman–Crippen LogP) is 2.81. The average molecular weight is 257 g/mol. The summed E-state index contributed by atoms with van der Waals surface area (Å²) < 4.78 is 14.7. The molecule has 0 aliphatic rings. The molecule has 0 radical (unpaired) electrons. The van der Waals surface area contributed by atoms with Crippen LogP contribution in [0.25, 0.3) is 0 Å². The molecule has 5 heteroatoms. The third-order valence-electron chi connectivity index (χ3n) is 1.83. The Kier molecular flexibility index (Phi) is 5.36. The van der Waals surface area contributed by atoms with Crippen LogP contribution < -0.4 is 4.74 Å². The highest BCUT2D eigenvalue weighted by molar-refractivity contribution is 6.28. The molecular weight excluding hydrogens is 244 g/mol. The average Bonchev–Trinajstić information content (AvgIpc) is 2.29. The van der Waals surface area contributed by atoms with Crippen molar-refractivity contribution in [3.8, 4) is 5.75 Å². The first kappa shape index (κ1) is 13.4. The van der Waals surface area contributed by atoms with Crippen molar-refractivity contribution in [1.29, 1.82) is 0 Å². The van der Waals surface area contributed by atoms with E-state index in [1.807, 2.05) is 24.3 Å². The maximum atomic E-state index is 10.5. The van der Waals surface area contributed by atoms with Gasteiger partial charge in [-0.3, -0.25) is 4.79 Å². The molecule has 0 aliphatic heterocycles. The van der Waals surface area contributed by atoms with Crippen LogP contribution in [0.2, 0.25) is 0 Å². The number of methoxy groups -OCH3 is 1. The highest BCUT2D eigenvalue weighted by atomic mass is 35.5. The van der Waals surface area contributed by atoms with Crippen LogP contribution in [0, 0.1) is 0 Å². The maximum Gasteiger partial charge on any atom is 0.308 e. The number of hydrogen-bond acceptors (Lipinski definition) is 4. The van der Waals surface area contributed by atoms with Crippen LogP contribution in [0.1, 0.15) is 12.5 Å². The second-order valence-electron chi connectivity index (χ2n) is 3.17. The number of rotatable bonds is 5. The highest BCUT2D eigenvalue weighted by Crippen LogP contribution is 2.12. The standard InChI is InChI=1S/C12H13ClO4/c1-9(14)17-12(13)8-16-7-10-3-5-11(15-2)6-4-10/h3-6,8H,7H2,1-2H3/b12-8-. The van der Waals surface area contributed by atoms with Crippen molar-refractivity contribution in [3.05, 3.63) is 41.3 Å². The lowest BCUT2D eigenvalue weighted by Gasteiger charge is -2.04. The van der Waals surface area contributed by atoms with Gasteiger partial charge in [-0.2, -0.15) is 0 Å². The fraction of sp³-hybridized carbons (Fsp3) is 0.250. The summed E-state index contributed by atoms with van der Waals surface area (Å²) in [5.74, 6) is 0.293. The first-order chi connectivity index (χ1) is 8.11. The first-order valence-corrected chi connectivity index (χ1v) is 5.28. The monoisotopic (exact) mass is 256 g/mol. The van der Waals surface area contributed by atoms with E-state index in [0.717, 1.165) is 11.3 Å². The van der Waals surface area contributed by atoms with Gasteiger partial charge in [0.1, 0.15) is 18.6 Å². The quantitative estimate of drug-likeness (QED) is 0.600. The molecule has 0 N–H and O–H groups in total. The van der Waals surface area contributed by atoms with E-state index >= 15 is 0 Å². The van der Waals surface area contributed by atoms with Gasteiger partial charge in [-0.15, -0.1) is 0 Å². The lowest BCUT2D eigenvalue weighted by Crippen LogP contribution is -1.95. The molecule has 0 aliphatic carbocycles. The van der Waals surface area contributed by atoms with Gasteiger partial charge in [-0.1, -0.05) is 12.1 Å². The van der Waals surface area contributed by atoms with Crippen LogP contribution in [0.15, 0.2) is 35.7 Å². The third-order valence-corrected chi connectivity index (χ3v) is 1.99. The Labute approximate surface area is 105 Å². The highest BCUT2D eigenvalue weighted by Gasteiger charge is 1.98. The Morgan fingerprint density at radius 1 is 1.35 bits per heavy atom. The summed E-state index contributed by atoms with van der Waals surface area (Å²) in [5.41, 5.74) is 0.953. The van der Waals surface area contributed by atoms with Gasteiger partial charge in [-0.25, -0.2) is 0 Å². The Morgan fingerprint density at radius 2 is 2.00 bits per heavy atom. The topological polar surface area (TPSA) is 44.8 Å². The van der Waals surface area contributed by atoms with Crippen LogP contribution in [0.5, 0.6) is 5.75 Å². The number of hydrogen-bond donors (Lipinski definition) is 0. The Morgan fingerprint density at radius 3 is 2.53 bits per heavy atom. The van der Waals surface area contributed by atoms with E-state index in [4.69, 9.17) is 21.1 Å². The summed E-state index contributed by atoms with van der Waals surface area (Å²) in [4.78, 5) is 10.5. The van der Waals surface area contributed by atoms with Gasteiger partial charge < -0.3 is 14.2 Å². The molecule has 1 aromatic carbocycles. The zero-order valence-electron chi connectivity index (χ0n) is 9.60. The number of esters is 1. The Hall–Kier alpha value is -1.68. The molecule has 0 amide bonds. The Bertz CT molecular complexity index is 397. The summed E-state index contributed by atoms with van der Waals surface area (Å²) in [6.07, 6.45) is 1.19. The van der Waals surface area contributed by atoms with E-state index in [2.05, 4.69) is 4.74 Å². The smallest absolute Gasteiger partial charge is 0.308 e. The van der Waals surface area contributed by atoms with E-state index < -0.39 is 5.97 Å². The van der Waals surface area contributed by atoms with Crippen LogP contribution in [0.3, 0.4) is 0 Å². The van der Waals surface area contributed by atoms with Crippen molar-refractivity contribution < 1.29 is 19.0 Å². The second-order valence-corrected chi connectivity index (χ2v) is 3.55. The van der Waals surface area contributed by atoms with E-state index in [1.54, 1.807) is 7.11 Å². The largest absolute Gasteiger partial charge is 0.497 e.